The Bertz CT molecular complexity index is 828. The summed E-state index contributed by atoms with van der Waals surface area (Å²) in [5.74, 6) is 0. The standard InChI is InChI=1S/C15H12N4O2/c16-12-9-11(6-7-14(12)19(20)21)18-13-5-1-3-10-4-2-8-17-15(10)13/h1-9,18H,16H2. The zero-order chi connectivity index (χ0) is 14.8. The molecular weight excluding hydrogens is 268 g/mol. The third-order valence-electron chi connectivity index (χ3n) is 3.14. The molecule has 3 rings (SSSR count). The van der Waals surface area contributed by atoms with Crippen LogP contribution in [-0.4, -0.2) is 9.91 Å². The molecule has 0 saturated carbocycles. The van der Waals surface area contributed by atoms with Crippen LogP contribution in [0, 0.1) is 10.1 Å². The molecular formula is C15H12N4O2. The molecule has 0 bridgehead atoms. The number of para-hydroxylation sites is 1. The Kier molecular flexibility index (Phi) is 3.12. The van der Waals surface area contributed by atoms with Crippen LogP contribution in [0.4, 0.5) is 22.7 Å². The van der Waals surface area contributed by atoms with Crippen LogP contribution < -0.4 is 11.1 Å². The van der Waals surface area contributed by atoms with Crippen LogP contribution in [0.1, 0.15) is 0 Å². The fourth-order valence-corrected chi connectivity index (χ4v) is 2.16. The van der Waals surface area contributed by atoms with Crippen molar-refractivity contribution in [3.63, 3.8) is 0 Å². The van der Waals surface area contributed by atoms with Gasteiger partial charge in [0.05, 0.1) is 16.1 Å². The molecule has 3 aromatic rings. The number of nitrogens with two attached hydrogens (primary N) is 1. The molecule has 0 aliphatic heterocycles. The lowest BCUT2D eigenvalue weighted by molar-refractivity contribution is -0.383. The van der Waals surface area contributed by atoms with Crippen molar-refractivity contribution in [2.75, 3.05) is 11.1 Å². The summed E-state index contributed by atoms with van der Waals surface area (Å²) >= 11 is 0. The zero-order valence-corrected chi connectivity index (χ0v) is 11.0. The molecule has 0 saturated heterocycles. The molecule has 1 aromatic heterocycles. The first-order chi connectivity index (χ1) is 10.1. The number of nitrogens with one attached hydrogen (secondary N) is 1. The van der Waals surface area contributed by atoms with Gasteiger partial charge in [0.1, 0.15) is 5.69 Å². The van der Waals surface area contributed by atoms with Crippen LogP contribution in [0.25, 0.3) is 10.9 Å². The van der Waals surface area contributed by atoms with Crippen molar-refractivity contribution >= 4 is 33.7 Å². The van der Waals surface area contributed by atoms with Gasteiger partial charge >= 0.3 is 0 Å². The normalized spacial score (nSPS) is 10.5. The minimum atomic E-state index is -0.501. The second-order valence-corrected chi connectivity index (χ2v) is 4.54. The average Bonchev–Trinajstić information content (AvgIpc) is 2.47. The molecule has 21 heavy (non-hydrogen) atoms. The first-order valence-corrected chi connectivity index (χ1v) is 6.30. The monoisotopic (exact) mass is 280 g/mol. The highest BCUT2D eigenvalue weighted by Crippen LogP contribution is 2.29. The maximum Gasteiger partial charge on any atom is 0.292 e. The Labute approximate surface area is 120 Å². The van der Waals surface area contributed by atoms with Crippen molar-refractivity contribution in [2.45, 2.75) is 0 Å². The van der Waals surface area contributed by atoms with Gasteiger partial charge in [-0.2, -0.15) is 0 Å². The summed E-state index contributed by atoms with van der Waals surface area (Å²) in [6.07, 6.45) is 1.72. The van der Waals surface area contributed by atoms with E-state index in [2.05, 4.69) is 10.3 Å². The predicted octanol–water partition coefficient (Wildman–Crippen LogP) is 3.47. The lowest BCUT2D eigenvalue weighted by Crippen LogP contribution is -1.98. The van der Waals surface area contributed by atoms with Gasteiger partial charge < -0.3 is 11.1 Å². The van der Waals surface area contributed by atoms with E-state index >= 15 is 0 Å². The summed E-state index contributed by atoms with van der Waals surface area (Å²) in [5, 5.41) is 15.0. The average molecular weight is 280 g/mol. The van der Waals surface area contributed by atoms with E-state index in [4.69, 9.17) is 5.73 Å². The van der Waals surface area contributed by atoms with Crippen LogP contribution in [-0.2, 0) is 0 Å². The number of rotatable bonds is 3. The summed E-state index contributed by atoms with van der Waals surface area (Å²) in [7, 11) is 0. The Morgan fingerprint density at radius 2 is 1.95 bits per heavy atom. The first-order valence-electron chi connectivity index (χ1n) is 6.30. The van der Waals surface area contributed by atoms with Crippen molar-refractivity contribution in [1.29, 1.82) is 0 Å². The summed E-state index contributed by atoms with van der Waals surface area (Å²) < 4.78 is 0. The lowest BCUT2D eigenvalue weighted by atomic mass is 10.2. The number of aromatic nitrogens is 1. The maximum absolute atomic E-state index is 10.8. The molecule has 0 amide bonds. The van der Waals surface area contributed by atoms with Crippen LogP contribution in [0.3, 0.4) is 0 Å². The Morgan fingerprint density at radius 3 is 2.71 bits per heavy atom. The summed E-state index contributed by atoms with van der Waals surface area (Å²) in [6, 6.07) is 14.2. The van der Waals surface area contributed by atoms with E-state index in [1.165, 1.54) is 6.07 Å². The highest BCUT2D eigenvalue weighted by molar-refractivity contribution is 5.92. The van der Waals surface area contributed by atoms with Gasteiger partial charge in [-0.1, -0.05) is 18.2 Å². The van der Waals surface area contributed by atoms with E-state index < -0.39 is 4.92 Å². The molecule has 0 radical (unpaired) electrons. The highest BCUT2D eigenvalue weighted by atomic mass is 16.6. The van der Waals surface area contributed by atoms with Crippen LogP contribution in [0.2, 0.25) is 0 Å². The Morgan fingerprint density at radius 1 is 1.14 bits per heavy atom. The largest absolute Gasteiger partial charge is 0.393 e. The van der Waals surface area contributed by atoms with Crippen LogP contribution >= 0.6 is 0 Å². The molecule has 0 fully saturated rings. The predicted molar refractivity (Wildman–Crippen MR) is 82.5 cm³/mol. The van der Waals surface area contributed by atoms with Crippen molar-refractivity contribution in [1.82, 2.24) is 4.98 Å². The van der Waals surface area contributed by atoms with E-state index in [0.29, 0.717) is 5.69 Å². The molecule has 1 heterocycles. The van der Waals surface area contributed by atoms with Crippen molar-refractivity contribution in [3.8, 4) is 0 Å². The van der Waals surface area contributed by atoms with Gasteiger partial charge in [0, 0.05) is 23.3 Å². The Hall–Kier alpha value is -3.15. The molecule has 0 aliphatic carbocycles. The third-order valence-corrected chi connectivity index (χ3v) is 3.14. The fraction of sp³-hybridized carbons (Fsp3) is 0. The van der Waals surface area contributed by atoms with Gasteiger partial charge in [0.2, 0.25) is 0 Å². The number of pyridine rings is 1. The van der Waals surface area contributed by atoms with E-state index in [9.17, 15) is 10.1 Å². The van der Waals surface area contributed by atoms with E-state index in [0.717, 1.165) is 16.6 Å². The molecule has 6 heteroatoms. The fourth-order valence-electron chi connectivity index (χ4n) is 2.16. The van der Waals surface area contributed by atoms with Gasteiger partial charge in [0.15, 0.2) is 0 Å². The quantitative estimate of drug-likeness (QED) is 0.435. The van der Waals surface area contributed by atoms with E-state index in [1.807, 2.05) is 30.3 Å². The van der Waals surface area contributed by atoms with Gasteiger partial charge in [-0.25, -0.2) is 0 Å². The number of fused-ring (bicyclic) bond motifs is 1. The molecule has 0 atom stereocenters. The first kappa shape index (κ1) is 12.9. The number of hydrogen-bond acceptors (Lipinski definition) is 5. The summed E-state index contributed by atoms with van der Waals surface area (Å²) in [5.41, 5.74) is 8.04. The van der Waals surface area contributed by atoms with Crippen molar-refractivity contribution in [2.24, 2.45) is 0 Å². The number of anilines is 3. The molecule has 2 aromatic carbocycles. The molecule has 6 nitrogen and oxygen atoms in total. The minimum Gasteiger partial charge on any atom is -0.393 e. The highest BCUT2D eigenvalue weighted by Gasteiger charge is 2.11. The third kappa shape index (κ3) is 2.46. The molecule has 0 aliphatic rings. The van der Waals surface area contributed by atoms with Crippen LogP contribution in [0.15, 0.2) is 54.7 Å². The van der Waals surface area contributed by atoms with Gasteiger partial charge in [0.25, 0.3) is 5.69 Å². The van der Waals surface area contributed by atoms with Gasteiger partial charge in [-0.3, -0.25) is 15.1 Å². The smallest absolute Gasteiger partial charge is 0.292 e. The van der Waals surface area contributed by atoms with Crippen molar-refractivity contribution < 1.29 is 4.92 Å². The summed E-state index contributed by atoms with van der Waals surface area (Å²) in [6.45, 7) is 0. The SMILES string of the molecule is Nc1cc(Nc2cccc3cccnc23)ccc1[N+](=O)[O-]. The molecule has 104 valence electrons. The number of nitrogens with zero attached hydrogens (tertiary/aromatic N) is 2. The summed E-state index contributed by atoms with van der Waals surface area (Å²) in [4.78, 5) is 14.6. The number of nitrogen functional groups attached to an aromatic ring is 1. The number of hydrogen-bond donors (Lipinski definition) is 2. The van der Waals surface area contributed by atoms with Gasteiger partial charge in [-0.05, 0) is 24.3 Å². The second kappa shape index (κ2) is 5.09. The minimum absolute atomic E-state index is 0.100. The molecule has 0 unspecified atom stereocenters. The van der Waals surface area contributed by atoms with E-state index in [-0.39, 0.29) is 11.4 Å². The lowest BCUT2D eigenvalue weighted by Gasteiger charge is -2.09. The molecule has 3 N–H and O–H groups in total. The Balaban J connectivity index is 1.99. The maximum atomic E-state index is 10.8. The van der Waals surface area contributed by atoms with Crippen molar-refractivity contribution in [3.05, 3.63) is 64.8 Å². The topological polar surface area (TPSA) is 94.1 Å². The van der Waals surface area contributed by atoms with Crippen LogP contribution in [0.5, 0.6) is 0 Å². The van der Waals surface area contributed by atoms with Gasteiger partial charge in [-0.15, -0.1) is 0 Å². The zero-order valence-electron chi connectivity index (χ0n) is 11.0. The number of nitro benzene ring substituents is 1. The number of benzene rings is 2. The number of nitro groups is 1. The van der Waals surface area contributed by atoms with E-state index in [1.54, 1.807) is 18.3 Å². The second-order valence-electron chi connectivity index (χ2n) is 4.54. The molecule has 0 spiro atoms.